The number of hydrogen-bond donors (Lipinski definition) is 3. The van der Waals surface area contributed by atoms with E-state index in [4.69, 9.17) is 28.2 Å². The molecular weight excluding hydrogens is 1460 g/mol. The molecule has 0 radical (unpaired) electrons. The first-order valence-electron chi connectivity index (χ1n) is 38.9. The van der Waals surface area contributed by atoms with E-state index in [1.54, 1.807) is 78.6 Å². The Bertz CT molecular complexity index is 6930. The summed E-state index contributed by atoms with van der Waals surface area (Å²) in [6, 6.07) is 37.6. The van der Waals surface area contributed by atoms with Crippen molar-refractivity contribution in [1.29, 1.82) is 0 Å². The minimum atomic E-state index is -0.392. The lowest BCUT2D eigenvalue weighted by Crippen LogP contribution is -2.44. The summed E-state index contributed by atoms with van der Waals surface area (Å²) in [5, 5.41) is 11.3. The highest BCUT2D eigenvalue weighted by molar-refractivity contribution is 5.84. The molecule has 7 aliphatic rings. The number of piperazine rings is 1. The summed E-state index contributed by atoms with van der Waals surface area (Å²) in [5.74, 6) is 0.0456. The Morgan fingerprint density at radius 3 is 1.24 bits per heavy atom. The van der Waals surface area contributed by atoms with Gasteiger partial charge in [-0.15, -0.1) is 0 Å². The summed E-state index contributed by atoms with van der Waals surface area (Å²) in [6.45, 7) is 10.7. The number of aryl methyl sites for hydroxylation is 3. The number of nitrogens with one attached hydrogen (secondary N) is 3. The number of nitrogens with zero attached hydrogens (tertiary/aromatic N) is 19. The van der Waals surface area contributed by atoms with Crippen molar-refractivity contribution in [3.63, 3.8) is 0 Å². The van der Waals surface area contributed by atoms with Crippen LogP contribution in [0.1, 0.15) is 54.4 Å². The molecule has 0 unspecified atom stereocenters. The predicted molar refractivity (Wildman–Crippen MR) is 439 cm³/mol. The van der Waals surface area contributed by atoms with E-state index in [0.29, 0.717) is 160 Å². The standard InChI is InChI=1S/C29H27N7O3.C28H28N8O3.C27H25N7O3/c1-33-16-18-13-19(5-7-22(18)29(17-33)9-10-29)31-27-30-15-21-25(32-27)36-20-6-8-24-23(14-20)34(28(38)39-24)11-3-2-4-12-35(36)26(21)37;1-32-13-15-33(16-14-32)20-7-5-19(6-8-20)30-27-29-18-22-25(31-27)36-21-9-10-24-23(17-21)34(28(38)39-24)11-3-2-4-12-35(36)26(22)37;1-31-12-9-17-5-6-19(13-18(17)16-31)29-26-28-15-21-24(30-26)34-20-7-8-23-22(14-20)32(27(36)37-23)10-3-2-4-11-33(34)25(21)35/h2,4-8,13-15H,3,9-12,16-17H2,1H3,(H,30,31,32);2,4-10,17-18H,3,11-16H2,1H3,(H,29,30,31);2,4-8,13-15H,3,9-12,16H2,1H3,(H,28,29,30). The SMILES string of the molecule is CN1CCN(c2ccc(Nc3ncc4c(=O)n5n(c4n3)-c3ccc4oc(=O)n(c4c3)CCC=CC5)cc2)CC1.CN1CCc2ccc(Nc3ncc4c(=O)n5n(c4n3)-c3ccc4oc(=O)n(c4c3)CCC=CC5)cc2C1.CN1Cc2cc(Nc3ncc4c(=O)n5n(c4n3)-c3ccc4oc(=O)n(c4c3)CCC=CC5)ccc2C2(CC2)C1. The molecule has 115 heavy (non-hydrogen) atoms. The van der Waals surface area contributed by atoms with Crippen molar-refractivity contribution in [1.82, 2.24) is 86.4 Å². The van der Waals surface area contributed by atoms with Gasteiger partial charge in [0.15, 0.2) is 33.7 Å². The summed E-state index contributed by atoms with van der Waals surface area (Å²) in [7, 11) is 6.46. The predicted octanol–water partition coefficient (Wildman–Crippen LogP) is 9.80. The van der Waals surface area contributed by atoms with Gasteiger partial charge in [-0.25, -0.2) is 57.4 Å². The molecule has 9 aromatic heterocycles. The average molecular weight is 1540 g/mol. The van der Waals surface area contributed by atoms with Gasteiger partial charge in [-0.2, -0.15) is 15.0 Å². The van der Waals surface area contributed by atoms with E-state index < -0.39 is 5.76 Å². The fraction of sp³-hybridized carbons (Fsp3) is 0.286. The Morgan fingerprint density at radius 1 is 0.383 bits per heavy atom. The Labute approximate surface area is 653 Å². The Balaban J connectivity index is 0.000000112. The van der Waals surface area contributed by atoms with E-state index in [0.717, 1.165) is 81.5 Å². The molecule has 0 amide bonds. The summed E-state index contributed by atoms with van der Waals surface area (Å²) in [5.41, 5.74) is 16.3. The quantitative estimate of drug-likeness (QED) is 0.125. The fourth-order valence-corrected chi connectivity index (χ4v) is 17.0. The summed E-state index contributed by atoms with van der Waals surface area (Å²) in [6.07, 6.45) is 22.0. The van der Waals surface area contributed by atoms with Crippen LogP contribution in [0.2, 0.25) is 0 Å². The number of hydrogen-bond acceptors (Lipinski definition) is 22. The van der Waals surface area contributed by atoms with Crippen molar-refractivity contribution in [2.24, 2.45) is 0 Å². The van der Waals surface area contributed by atoms with E-state index in [1.165, 1.54) is 40.8 Å². The van der Waals surface area contributed by atoms with Crippen LogP contribution in [0, 0.1) is 0 Å². The molecule has 1 spiro atoms. The van der Waals surface area contributed by atoms with Crippen molar-refractivity contribution in [2.75, 3.05) is 81.3 Å². The van der Waals surface area contributed by atoms with E-state index in [2.05, 4.69) is 114 Å². The average Bonchev–Trinajstić information content (AvgIpc) is 1.60. The lowest BCUT2D eigenvalue weighted by atomic mass is 9.87. The molecule has 6 aliphatic heterocycles. The van der Waals surface area contributed by atoms with Crippen LogP contribution in [0.25, 0.3) is 83.5 Å². The van der Waals surface area contributed by atoms with Crippen LogP contribution >= 0.6 is 0 Å². The van der Waals surface area contributed by atoms with Crippen LogP contribution < -0.4 is 54.8 Å². The normalized spacial score (nSPS) is 16.5. The van der Waals surface area contributed by atoms with Gasteiger partial charge >= 0.3 is 17.3 Å². The maximum absolute atomic E-state index is 13.5. The minimum absolute atomic E-state index is 0.170. The molecule has 3 N–H and O–H groups in total. The third kappa shape index (κ3) is 12.8. The first-order chi connectivity index (χ1) is 56.1. The third-order valence-electron chi connectivity index (χ3n) is 23.1. The van der Waals surface area contributed by atoms with Crippen molar-refractivity contribution in [2.45, 2.75) is 96.3 Å². The van der Waals surface area contributed by atoms with Gasteiger partial charge in [0.2, 0.25) is 17.8 Å². The maximum atomic E-state index is 13.5. The van der Waals surface area contributed by atoms with E-state index in [1.807, 2.05) is 91.1 Å². The van der Waals surface area contributed by atoms with Crippen molar-refractivity contribution in [3.8, 4) is 17.1 Å². The van der Waals surface area contributed by atoms with Gasteiger partial charge in [-0.1, -0.05) is 48.6 Å². The van der Waals surface area contributed by atoms with E-state index >= 15 is 0 Å². The Kier molecular flexibility index (Phi) is 17.4. The summed E-state index contributed by atoms with van der Waals surface area (Å²) < 4.78 is 31.5. The number of benzene rings is 6. The molecule has 1 saturated carbocycles. The number of rotatable bonds is 7. The molecule has 31 nitrogen and oxygen atoms in total. The second-order valence-electron chi connectivity index (χ2n) is 30.7. The third-order valence-corrected chi connectivity index (χ3v) is 23.1. The Morgan fingerprint density at radius 2 is 0.791 bits per heavy atom. The highest BCUT2D eigenvalue weighted by atomic mass is 16.4. The first kappa shape index (κ1) is 70.6. The van der Waals surface area contributed by atoms with E-state index in [-0.39, 0.29) is 28.2 Å². The lowest BCUT2D eigenvalue weighted by Gasteiger charge is -2.34. The molecule has 15 aromatic rings. The zero-order chi connectivity index (χ0) is 77.9. The molecule has 2 fully saturated rings. The maximum Gasteiger partial charge on any atom is 0.419 e. The molecule has 0 atom stereocenters. The van der Waals surface area contributed by atoms with Gasteiger partial charge in [-0.05, 0) is 185 Å². The molecule has 15 heterocycles. The topological polar surface area (TPSA) is 313 Å². The molecule has 6 aromatic carbocycles. The first-order valence-corrected chi connectivity index (χ1v) is 38.9. The van der Waals surface area contributed by atoms with Crippen molar-refractivity contribution in [3.05, 3.63) is 255 Å². The zero-order valence-corrected chi connectivity index (χ0v) is 63.5. The van der Waals surface area contributed by atoms with E-state index in [9.17, 15) is 28.8 Å². The Hall–Kier alpha value is -13.5. The van der Waals surface area contributed by atoms with Crippen LogP contribution in [-0.4, -0.2) is 147 Å². The minimum Gasteiger partial charge on any atom is -0.408 e. The monoisotopic (exact) mass is 1540 g/mol. The molecule has 580 valence electrons. The molecular formula is C84H80N22O9. The lowest BCUT2D eigenvalue weighted by molar-refractivity contribution is 0.271. The van der Waals surface area contributed by atoms with Crippen LogP contribution in [0.3, 0.4) is 0 Å². The number of oxazole rings is 3. The van der Waals surface area contributed by atoms with Crippen LogP contribution in [0.5, 0.6) is 0 Å². The van der Waals surface area contributed by atoms with Gasteiger partial charge in [0.25, 0.3) is 16.7 Å². The van der Waals surface area contributed by atoms with Gasteiger partial charge in [-0.3, -0.25) is 28.1 Å². The summed E-state index contributed by atoms with van der Waals surface area (Å²) in [4.78, 5) is 115. The van der Waals surface area contributed by atoms with Gasteiger partial charge < -0.3 is 48.8 Å². The van der Waals surface area contributed by atoms with Crippen LogP contribution in [-0.2, 0) is 64.2 Å². The molecule has 1 saturated heterocycles. The number of aromatic nitrogens is 15. The number of fused-ring (bicyclic) bond motifs is 18. The zero-order valence-electron chi connectivity index (χ0n) is 63.5. The van der Waals surface area contributed by atoms with Crippen LogP contribution in [0.4, 0.5) is 40.6 Å². The number of anilines is 7. The smallest absolute Gasteiger partial charge is 0.408 e. The van der Waals surface area contributed by atoms with Gasteiger partial charge in [0, 0.05) is 119 Å². The molecule has 1 aliphatic carbocycles. The molecule has 22 rings (SSSR count). The van der Waals surface area contributed by atoms with Crippen molar-refractivity contribution < 1.29 is 13.3 Å². The van der Waals surface area contributed by atoms with Gasteiger partial charge in [0.05, 0.1) is 53.2 Å². The second kappa shape index (κ2) is 28.3. The highest BCUT2D eigenvalue weighted by Crippen LogP contribution is 2.52. The van der Waals surface area contributed by atoms with Crippen molar-refractivity contribution >= 4 is 107 Å². The fourth-order valence-electron chi connectivity index (χ4n) is 17.0. The second-order valence-corrected chi connectivity index (χ2v) is 30.7. The van der Waals surface area contributed by atoms with Gasteiger partial charge in [0.1, 0.15) is 16.2 Å². The largest absolute Gasteiger partial charge is 0.419 e. The summed E-state index contributed by atoms with van der Waals surface area (Å²) >= 11 is 0. The highest BCUT2D eigenvalue weighted by Gasteiger charge is 2.48. The molecule has 6 bridgehead atoms. The molecule has 31 heteroatoms. The van der Waals surface area contributed by atoms with Crippen LogP contribution in [0.15, 0.2) is 212 Å². The number of likely N-dealkylation sites (N-methyl/N-ethyl adjacent to an activating group) is 3. The number of allylic oxidation sites excluding steroid dienone is 6.